The van der Waals surface area contributed by atoms with Crippen LogP contribution in [0.3, 0.4) is 0 Å². The van der Waals surface area contributed by atoms with Gasteiger partial charge in [0, 0.05) is 0 Å². The summed E-state index contributed by atoms with van der Waals surface area (Å²) in [4.78, 5) is 0. The van der Waals surface area contributed by atoms with Crippen LogP contribution < -0.4 is 12.4 Å². The van der Waals surface area contributed by atoms with E-state index in [4.69, 9.17) is 0 Å². The molecule has 0 N–H and O–H groups in total. The maximum absolute atomic E-state index is 3.31. The molecule has 0 saturated carbocycles. The quantitative estimate of drug-likeness (QED) is 0.205. The zero-order valence-electron chi connectivity index (χ0n) is 3.58. The standard InChI is InChI=1S/C4H5.ClH.Mg/c1-3-4-2;;/h3H,1-2H2;1H;/q-1;;+2/p-1. The first kappa shape index (κ1) is 16.0. The average Bonchev–Trinajstić information content (AvgIpc) is 1.37. The van der Waals surface area contributed by atoms with Crippen LogP contribution >= 0.6 is 0 Å². The third kappa shape index (κ3) is 24.0. The van der Waals surface area contributed by atoms with Crippen LogP contribution in [0.4, 0.5) is 0 Å². The molecule has 0 aromatic carbocycles. The minimum Gasteiger partial charge on any atom is -1.00 e. The van der Waals surface area contributed by atoms with Gasteiger partial charge in [-0.05, 0) is 0 Å². The maximum Gasteiger partial charge on any atom is 2.00 e. The Morgan fingerprint density at radius 2 is 1.67 bits per heavy atom. The van der Waals surface area contributed by atoms with Gasteiger partial charge < -0.3 is 12.4 Å². The monoisotopic (exact) mass is 112 g/mol. The zero-order chi connectivity index (χ0) is 3.41. The van der Waals surface area contributed by atoms with Crippen molar-refractivity contribution in [3.63, 3.8) is 0 Å². The number of hydrogen-bond donors (Lipinski definition) is 0. The molecule has 0 aromatic rings. The molecule has 0 radical (unpaired) electrons. The van der Waals surface area contributed by atoms with E-state index in [1.807, 2.05) is 0 Å². The first-order valence-corrected chi connectivity index (χ1v) is 1.05. The van der Waals surface area contributed by atoms with E-state index in [-0.39, 0.29) is 35.5 Å². The molecule has 6 heavy (non-hydrogen) atoms. The van der Waals surface area contributed by atoms with Gasteiger partial charge in [0.1, 0.15) is 0 Å². The van der Waals surface area contributed by atoms with Crippen molar-refractivity contribution in [2.45, 2.75) is 0 Å². The first-order valence-electron chi connectivity index (χ1n) is 1.05. The third-order valence-electron chi connectivity index (χ3n) is 0.144. The van der Waals surface area contributed by atoms with Gasteiger partial charge in [-0.25, -0.2) is 12.7 Å². The SMILES string of the molecule is C=[C-]C=C.[Cl-].[Mg+2]. The largest absolute Gasteiger partial charge is 2.00 e. The summed E-state index contributed by atoms with van der Waals surface area (Å²) in [6.45, 7) is 6.54. The summed E-state index contributed by atoms with van der Waals surface area (Å²) in [5.74, 6) is 0. The fourth-order valence-corrected chi connectivity index (χ4v) is 0. The molecule has 0 rings (SSSR count). The summed E-state index contributed by atoms with van der Waals surface area (Å²) < 4.78 is 0. The summed E-state index contributed by atoms with van der Waals surface area (Å²) in [5, 5.41) is 0. The molecule has 0 amide bonds. The van der Waals surface area contributed by atoms with Crippen LogP contribution in [0.25, 0.3) is 0 Å². The smallest absolute Gasteiger partial charge is 1.00 e. The molecule has 0 bridgehead atoms. The number of rotatable bonds is 1. The fraction of sp³-hybridized carbons (Fsp3) is 0. The average molecular weight is 113 g/mol. The van der Waals surface area contributed by atoms with Crippen LogP contribution in [0.1, 0.15) is 0 Å². The second-order valence-corrected chi connectivity index (χ2v) is 0.408. The summed E-state index contributed by atoms with van der Waals surface area (Å²) in [6.07, 6.45) is 3.96. The Balaban J connectivity index is -0.0000000450. The topological polar surface area (TPSA) is 0 Å². The van der Waals surface area contributed by atoms with Crippen LogP contribution in [-0.2, 0) is 0 Å². The molecule has 0 nitrogen and oxygen atoms in total. The molecule has 0 atom stereocenters. The summed E-state index contributed by atoms with van der Waals surface area (Å²) in [7, 11) is 0. The van der Waals surface area contributed by atoms with Crippen LogP contribution in [0.15, 0.2) is 19.2 Å². The van der Waals surface area contributed by atoms with E-state index in [1.54, 1.807) is 0 Å². The molecule has 0 aliphatic rings. The Labute approximate surface area is 60.9 Å². The second kappa shape index (κ2) is 17.7. The van der Waals surface area contributed by atoms with Gasteiger partial charge >= 0.3 is 23.1 Å². The molecule has 30 valence electrons. The molecule has 0 aromatic heterocycles. The van der Waals surface area contributed by atoms with Crippen LogP contribution in [-0.4, -0.2) is 23.1 Å². The van der Waals surface area contributed by atoms with Gasteiger partial charge in [0.15, 0.2) is 0 Å². The summed E-state index contributed by atoms with van der Waals surface area (Å²) in [5.41, 5.74) is 0. The molecule has 0 aliphatic carbocycles. The normalized spacial score (nSPS) is 3.33. The van der Waals surface area contributed by atoms with Gasteiger partial charge in [-0.15, -0.1) is 0 Å². The Hall–Kier alpha value is 0.536. The molecular formula is C4H5ClMg. The van der Waals surface area contributed by atoms with E-state index in [0.29, 0.717) is 0 Å². The molecule has 0 saturated heterocycles. The Bertz CT molecular complexity index is 28.5. The number of hydrogen-bond acceptors (Lipinski definition) is 0. The van der Waals surface area contributed by atoms with Gasteiger partial charge in [0.05, 0.1) is 0 Å². The van der Waals surface area contributed by atoms with Gasteiger partial charge in [-0.1, -0.05) is 0 Å². The van der Waals surface area contributed by atoms with Gasteiger partial charge in [0.25, 0.3) is 0 Å². The third-order valence-corrected chi connectivity index (χ3v) is 0.144. The molecule has 0 heterocycles. The summed E-state index contributed by atoms with van der Waals surface area (Å²) in [6, 6.07) is 0. The van der Waals surface area contributed by atoms with Crippen LogP contribution in [0.2, 0.25) is 0 Å². The van der Waals surface area contributed by atoms with Crippen molar-refractivity contribution in [2.24, 2.45) is 0 Å². The van der Waals surface area contributed by atoms with E-state index < -0.39 is 0 Å². The van der Waals surface area contributed by atoms with Crippen molar-refractivity contribution < 1.29 is 12.4 Å². The van der Waals surface area contributed by atoms with Gasteiger partial charge in [-0.3, -0.25) is 6.08 Å². The van der Waals surface area contributed by atoms with Crippen molar-refractivity contribution in [3.05, 3.63) is 25.3 Å². The maximum atomic E-state index is 3.31. The van der Waals surface area contributed by atoms with Crippen molar-refractivity contribution in [1.82, 2.24) is 0 Å². The van der Waals surface area contributed by atoms with E-state index in [0.717, 1.165) is 0 Å². The van der Waals surface area contributed by atoms with E-state index >= 15 is 0 Å². The Kier molecular flexibility index (Phi) is 47.3. The predicted molar refractivity (Wildman–Crippen MR) is 24.8 cm³/mol. The van der Waals surface area contributed by atoms with Gasteiger partial charge in [0.2, 0.25) is 0 Å². The molecule has 0 fully saturated rings. The molecule has 0 unspecified atom stereocenters. The Morgan fingerprint density at radius 3 is 1.67 bits per heavy atom. The van der Waals surface area contributed by atoms with Crippen LogP contribution in [0.5, 0.6) is 0 Å². The van der Waals surface area contributed by atoms with E-state index in [1.165, 1.54) is 6.08 Å². The molecule has 0 aliphatic heterocycles. The molecule has 2 heteroatoms. The van der Waals surface area contributed by atoms with Crippen molar-refractivity contribution in [2.75, 3.05) is 0 Å². The van der Waals surface area contributed by atoms with Crippen molar-refractivity contribution in [1.29, 1.82) is 0 Å². The Morgan fingerprint density at radius 1 is 1.50 bits per heavy atom. The van der Waals surface area contributed by atoms with Crippen LogP contribution in [0, 0.1) is 6.08 Å². The fourth-order valence-electron chi connectivity index (χ4n) is 0. The minimum atomic E-state index is 0. The summed E-state index contributed by atoms with van der Waals surface area (Å²) >= 11 is 0. The molecule has 0 spiro atoms. The number of halogens is 1. The van der Waals surface area contributed by atoms with Crippen molar-refractivity contribution >= 4 is 23.1 Å². The zero-order valence-corrected chi connectivity index (χ0v) is 5.75. The second-order valence-electron chi connectivity index (χ2n) is 0.408. The van der Waals surface area contributed by atoms with Crippen molar-refractivity contribution in [3.8, 4) is 0 Å². The van der Waals surface area contributed by atoms with E-state index in [2.05, 4.69) is 19.2 Å². The minimum absolute atomic E-state index is 0. The molecular weight excluding hydrogens is 108 g/mol. The van der Waals surface area contributed by atoms with Gasteiger partial charge in [-0.2, -0.15) is 6.58 Å². The first-order chi connectivity index (χ1) is 1.91. The van der Waals surface area contributed by atoms with E-state index in [9.17, 15) is 0 Å². The predicted octanol–water partition coefficient (Wildman–Crippen LogP) is -2.22. The number of allylic oxidation sites excluding steroid dienone is 2.